The predicted octanol–water partition coefficient (Wildman–Crippen LogP) is 1.13. The van der Waals surface area contributed by atoms with Gasteiger partial charge in [-0.25, -0.2) is 8.42 Å². The maximum atomic E-state index is 11.4. The van der Waals surface area contributed by atoms with Crippen LogP contribution in [-0.4, -0.2) is 57.0 Å². The molecule has 0 aliphatic heterocycles. The Labute approximate surface area is 107 Å². The Balaban J connectivity index is 3.69. The van der Waals surface area contributed by atoms with Crippen molar-refractivity contribution in [2.45, 2.75) is 46.2 Å². The number of nitrogens with one attached hydrogen (secondary N) is 1. The molecule has 0 aromatic heterocycles. The van der Waals surface area contributed by atoms with Gasteiger partial charge in [0, 0.05) is 17.8 Å². The molecular weight excluding hydrogens is 236 g/mol. The molecule has 0 aromatic carbocycles. The van der Waals surface area contributed by atoms with Crippen LogP contribution in [0.4, 0.5) is 0 Å². The van der Waals surface area contributed by atoms with Gasteiger partial charge in [-0.2, -0.15) is 0 Å². The van der Waals surface area contributed by atoms with Crippen LogP contribution in [0.15, 0.2) is 0 Å². The van der Waals surface area contributed by atoms with Crippen molar-refractivity contribution in [2.24, 2.45) is 0 Å². The highest BCUT2D eigenvalue weighted by atomic mass is 32.2. The minimum Gasteiger partial charge on any atom is -0.313 e. The minimum absolute atomic E-state index is 0.0457. The average Bonchev–Trinajstić information content (AvgIpc) is 2.23. The lowest BCUT2D eigenvalue weighted by Crippen LogP contribution is -2.36. The summed E-state index contributed by atoms with van der Waals surface area (Å²) in [6.45, 7) is 9.88. The summed E-state index contributed by atoms with van der Waals surface area (Å²) in [4.78, 5) is 2.29. The quantitative estimate of drug-likeness (QED) is 0.634. The number of rotatable bonds is 9. The molecule has 4 nitrogen and oxygen atoms in total. The van der Waals surface area contributed by atoms with Crippen molar-refractivity contribution < 1.29 is 8.42 Å². The van der Waals surface area contributed by atoms with Crippen molar-refractivity contribution in [3.8, 4) is 0 Å². The van der Waals surface area contributed by atoms with Crippen LogP contribution in [0.2, 0.25) is 0 Å². The van der Waals surface area contributed by atoms with E-state index in [2.05, 4.69) is 31.1 Å². The van der Waals surface area contributed by atoms with Crippen LogP contribution in [0.25, 0.3) is 0 Å². The number of hydrogen-bond donors (Lipinski definition) is 1. The van der Waals surface area contributed by atoms with Gasteiger partial charge in [0.25, 0.3) is 0 Å². The molecule has 1 N–H and O–H groups in total. The second kappa shape index (κ2) is 8.06. The van der Waals surface area contributed by atoms with E-state index in [1.54, 1.807) is 6.92 Å². The predicted molar refractivity (Wildman–Crippen MR) is 74.2 cm³/mol. The molecule has 17 heavy (non-hydrogen) atoms. The molecule has 0 saturated heterocycles. The van der Waals surface area contributed by atoms with Gasteiger partial charge in [-0.15, -0.1) is 0 Å². The van der Waals surface area contributed by atoms with Gasteiger partial charge in [0.2, 0.25) is 0 Å². The van der Waals surface area contributed by atoms with Crippen LogP contribution < -0.4 is 5.32 Å². The first-order chi connectivity index (χ1) is 7.78. The largest absolute Gasteiger partial charge is 0.313 e. The SMILES string of the molecule is CCS(=O)(=O)CC(C)NCCCN(C)C(C)C. The zero-order chi connectivity index (χ0) is 13.5. The van der Waals surface area contributed by atoms with Gasteiger partial charge in [0.05, 0.1) is 5.75 Å². The van der Waals surface area contributed by atoms with Crippen LogP contribution in [0.1, 0.15) is 34.1 Å². The minimum atomic E-state index is -2.86. The maximum absolute atomic E-state index is 11.4. The van der Waals surface area contributed by atoms with Gasteiger partial charge in [-0.1, -0.05) is 6.92 Å². The van der Waals surface area contributed by atoms with E-state index in [1.807, 2.05) is 6.92 Å². The Morgan fingerprint density at radius 1 is 1.24 bits per heavy atom. The van der Waals surface area contributed by atoms with Crippen molar-refractivity contribution in [1.29, 1.82) is 0 Å². The molecule has 0 amide bonds. The summed E-state index contributed by atoms with van der Waals surface area (Å²) in [5.41, 5.74) is 0. The average molecular weight is 264 g/mol. The molecule has 1 atom stereocenters. The van der Waals surface area contributed by atoms with E-state index in [9.17, 15) is 8.42 Å². The summed E-state index contributed by atoms with van der Waals surface area (Å²) in [7, 11) is -0.752. The first-order valence-corrected chi connectivity index (χ1v) is 8.24. The molecule has 0 rings (SSSR count). The van der Waals surface area contributed by atoms with Crippen LogP contribution in [-0.2, 0) is 9.84 Å². The number of nitrogens with zero attached hydrogens (tertiary/aromatic N) is 1. The fourth-order valence-electron chi connectivity index (χ4n) is 1.49. The van der Waals surface area contributed by atoms with Crippen molar-refractivity contribution in [1.82, 2.24) is 10.2 Å². The number of sulfone groups is 1. The van der Waals surface area contributed by atoms with Crippen molar-refractivity contribution in [3.05, 3.63) is 0 Å². The highest BCUT2D eigenvalue weighted by Crippen LogP contribution is 1.96. The lowest BCUT2D eigenvalue weighted by molar-refractivity contribution is 0.268. The monoisotopic (exact) mass is 264 g/mol. The summed E-state index contributed by atoms with van der Waals surface area (Å²) in [6.07, 6.45) is 1.05. The summed E-state index contributed by atoms with van der Waals surface area (Å²) >= 11 is 0. The Bertz CT molecular complexity index is 289. The van der Waals surface area contributed by atoms with Crippen LogP contribution in [0.5, 0.6) is 0 Å². The molecule has 0 fully saturated rings. The molecule has 0 radical (unpaired) electrons. The van der Waals surface area contributed by atoms with Gasteiger partial charge in [0.15, 0.2) is 9.84 Å². The molecule has 0 aromatic rings. The fraction of sp³-hybridized carbons (Fsp3) is 1.00. The van der Waals surface area contributed by atoms with Crippen molar-refractivity contribution >= 4 is 9.84 Å². The maximum Gasteiger partial charge on any atom is 0.151 e. The van der Waals surface area contributed by atoms with Gasteiger partial charge >= 0.3 is 0 Å². The molecule has 0 aliphatic carbocycles. The molecule has 5 heteroatoms. The Kier molecular flexibility index (Phi) is 8.00. The van der Waals surface area contributed by atoms with Crippen LogP contribution >= 0.6 is 0 Å². The Morgan fingerprint density at radius 2 is 1.82 bits per heavy atom. The first-order valence-electron chi connectivity index (χ1n) is 6.42. The summed E-state index contributed by atoms with van der Waals surface area (Å²) in [6, 6.07) is 0.609. The third kappa shape index (κ3) is 8.57. The van der Waals surface area contributed by atoms with Gasteiger partial charge in [-0.05, 0) is 47.3 Å². The zero-order valence-corrected chi connectivity index (χ0v) is 12.7. The van der Waals surface area contributed by atoms with Gasteiger partial charge in [-0.3, -0.25) is 0 Å². The van der Waals surface area contributed by atoms with E-state index in [0.29, 0.717) is 6.04 Å². The van der Waals surface area contributed by atoms with Crippen molar-refractivity contribution in [3.63, 3.8) is 0 Å². The highest BCUT2D eigenvalue weighted by Gasteiger charge is 2.12. The van der Waals surface area contributed by atoms with Crippen LogP contribution in [0.3, 0.4) is 0 Å². The van der Waals surface area contributed by atoms with E-state index in [4.69, 9.17) is 0 Å². The van der Waals surface area contributed by atoms with E-state index in [0.717, 1.165) is 19.5 Å². The van der Waals surface area contributed by atoms with Gasteiger partial charge in [0.1, 0.15) is 0 Å². The fourth-order valence-corrected chi connectivity index (χ4v) is 2.61. The summed E-state index contributed by atoms with van der Waals surface area (Å²) in [5, 5.41) is 3.26. The topological polar surface area (TPSA) is 49.4 Å². The highest BCUT2D eigenvalue weighted by molar-refractivity contribution is 7.91. The first kappa shape index (κ1) is 16.9. The number of hydrogen-bond acceptors (Lipinski definition) is 4. The van der Waals surface area contributed by atoms with E-state index in [-0.39, 0.29) is 17.5 Å². The zero-order valence-electron chi connectivity index (χ0n) is 11.9. The molecule has 1 unspecified atom stereocenters. The smallest absolute Gasteiger partial charge is 0.151 e. The normalized spacial score (nSPS) is 14.5. The third-order valence-electron chi connectivity index (χ3n) is 3.01. The van der Waals surface area contributed by atoms with E-state index in [1.165, 1.54) is 0 Å². The second-order valence-electron chi connectivity index (χ2n) is 4.98. The lowest BCUT2D eigenvalue weighted by atomic mass is 10.3. The van der Waals surface area contributed by atoms with Gasteiger partial charge < -0.3 is 10.2 Å². The molecule has 104 valence electrons. The standard InChI is InChI=1S/C12H28N2O2S/c1-6-17(15,16)10-12(4)13-8-7-9-14(5)11(2)3/h11-13H,6-10H2,1-5H3. The summed E-state index contributed by atoms with van der Waals surface area (Å²) in [5.74, 6) is 0.471. The molecule has 0 heterocycles. The van der Waals surface area contributed by atoms with E-state index >= 15 is 0 Å². The van der Waals surface area contributed by atoms with E-state index < -0.39 is 9.84 Å². The Morgan fingerprint density at radius 3 is 2.29 bits per heavy atom. The molecule has 0 aliphatic rings. The molecular formula is C12H28N2O2S. The second-order valence-corrected chi connectivity index (χ2v) is 7.38. The molecule has 0 saturated carbocycles. The van der Waals surface area contributed by atoms with Crippen LogP contribution in [0, 0.1) is 0 Å². The lowest BCUT2D eigenvalue weighted by Gasteiger charge is -2.21. The van der Waals surface area contributed by atoms with Crippen molar-refractivity contribution in [2.75, 3.05) is 31.6 Å². The molecule has 0 spiro atoms. The third-order valence-corrected chi connectivity index (χ3v) is 4.89. The molecule has 0 bridgehead atoms. The summed E-state index contributed by atoms with van der Waals surface area (Å²) < 4.78 is 22.8. The Hall–Kier alpha value is -0.130.